The van der Waals surface area contributed by atoms with Gasteiger partial charge in [-0.15, -0.1) is 0 Å². The van der Waals surface area contributed by atoms with Gasteiger partial charge in [0.05, 0.1) is 0 Å². The predicted molar refractivity (Wildman–Crippen MR) is 180 cm³/mol. The van der Waals surface area contributed by atoms with Crippen molar-refractivity contribution in [3.05, 3.63) is 142 Å². The number of allylic oxidation sites excluding steroid dienone is 2. The van der Waals surface area contributed by atoms with Crippen LogP contribution in [0, 0.1) is 0 Å². The molecule has 0 nitrogen and oxygen atoms in total. The molecule has 0 N–H and O–H groups in total. The van der Waals surface area contributed by atoms with Crippen molar-refractivity contribution < 1.29 is 44.0 Å². The predicted octanol–water partition coefficient (Wildman–Crippen LogP) is 4.48. The third-order valence-electron chi connectivity index (χ3n) is 8.03. The van der Waals surface area contributed by atoms with Crippen LogP contribution in [0.2, 0.25) is 0 Å². The molecule has 0 heterocycles. The minimum atomic E-state index is -0.622. The Morgan fingerprint density at radius 2 is 0.860 bits per heavy atom. The molecule has 0 saturated carbocycles. The first-order valence-corrected chi connectivity index (χ1v) is 19.2. The summed E-state index contributed by atoms with van der Waals surface area (Å²) in [5, 5.41) is 6.81. The summed E-state index contributed by atoms with van der Waals surface area (Å²) in [6, 6.07) is 41.2. The number of hydrogen-bond acceptors (Lipinski definition) is 0. The van der Waals surface area contributed by atoms with Gasteiger partial charge in [0.1, 0.15) is 0 Å². The maximum atomic E-state index is 2.62. The zero-order valence-corrected chi connectivity index (χ0v) is 30.7. The van der Waals surface area contributed by atoms with Crippen LogP contribution in [-0.2, 0) is 19.2 Å². The molecule has 2 unspecified atom stereocenters. The second kappa shape index (κ2) is 13.9. The molecule has 2 atom stereocenters. The van der Waals surface area contributed by atoms with E-state index in [1.807, 2.05) is 0 Å². The fourth-order valence-corrected chi connectivity index (χ4v) is 18.1. The number of benzene rings is 4. The molecule has 0 spiro atoms. The van der Waals surface area contributed by atoms with E-state index in [4.69, 9.17) is 0 Å². The van der Waals surface area contributed by atoms with E-state index >= 15 is 0 Å². The van der Waals surface area contributed by atoms with E-state index < -0.39 is 27.1 Å². The van der Waals surface area contributed by atoms with E-state index in [9.17, 15) is 0 Å². The zero-order valence-electron chi connectivity index (χ0n) is 25.9. The molecule has 5 heteroatoms. The number of halogens is 2. The Bertz CT molecular complexity index is 1550. The SMILES string of the molecule is CC(C)(C)P(C1=Cc2ccccc2[CH]1[Ti+2][CH]1C(P(c2ccccc2)c2ccccc2)=Cc2ccccc21)C(C)(C)C.[Cl-].[Cl-]. The van der Waals surface area contributed by atoms with Gasteiger partial charge >= 0.3 is 260 Å². The summed E-state index contributed by atoms with van der Waals surface area (Å²) in [4.78, 5) is 0. The fourth-order valence-electron chi connectivity index (χ4n) is 6.90. The van der Waals surface area contributed by atoms with Crippen LogP contribution in [0.25, 0.3) is 12.2 Å². The first-order chi connectivity index (χ1) is 19.6. The van der Waals surface area contributed by atoms with Crippen LogP contribution >= 0.6 is 15.8 Å². The van der Waals surface area contributed by atoms with Gasteiger partial charge in [0.2, 0.25) is 0 Å². The van der Waals surface area contributed by atoms with Gasteiger partial charge in [-0.05, 0) is 0 Å². The van der Waals surface area contributed by atoms with E-state index in [0.29, 0.717) is 8.45 Å². The van der Waals surface area contributed by atoms with Crippen LogP contribution in [-0.4, -0.2) is 10.3 Å². The second-order valence-corrected chi connectivity index (χ2v) is 21.5. The van der Waals surface area contributed by atoms with E-state index in [2.05, 4.69) is 163 Å². The molecule has 220 valence electrons. The van der Waals surface area contributed by atoms with Crippen molar-refractivity contribution in [3.63, 3.8) is 0 Å². The minimum absolute atomic E-state index is 0. The smallest absolute Gasteiger partial charge is 1.00 e. The first kappa shape index (κ1) is 34.4. The maximum Gasteiger partial charge on any atom is -1.00 e. The zero-order chi connectivity index (χ0) is 28.8. The molecule has 6 rings (SSSR count). The molecule has 4 aromatic carbocycles. The summed E-state index contributed by atoms with van der Waals surface area (Å²) in [6.07, 6.45) is 5.20. The minimum Gasteiger partial charge on any atom is -1.00 e. The normalized spacial score (nSPS) is 17.3. The van der Waals surface area contributed by atoms with Gasteiger partial charge in [-0.1, -0.05) is 0 Å². The molecule has 0 aromatic heterocycles. The first-order valence-electron chi connectivity index (χ1n) is 14.7. The topological polar surface area (TPSA) is 0 Å². The van der Waals surface area contributed by atoms with Gasteiger partial charge in [0.15, 0.2) is 0 Å². The Kier molecular flexibility index (Phi) is 11.1. The molecule has 0 amide bonds. The van der Waals surface area contributed by atoms with Crippen molar-refractivity contribution in [2.75, 3.05) is 0 Å². The van der Waals surface area contributed by atoms with Crippen molar-refractivity contribution in [2.45, 2.75) is 60.3 Å². The fraction of sp³-hybridized carbons (Fsp3) is 0.263. The number of rotatable bonds is 6. The number of hydrogen-bond donors (Lipinski definition) is 0. The Morgan fingerprint density at radius 1 is 0.488 bits per heavy atom. The summed E-state index contributed by atoms with van der Waals surface area (Å²) in [6.45, 7) is 14.9. The summed E-state index contributed by atoms with van der Waals surface area (Å²) < 4.78 is 1.06. The molecule has 0 saturated heterocycles. The molecular weight excluding hydrogens is 637 g/mol. The van der Waals surface area contributed by atoms with Crippen LogP contribution in [0.5, 0.6) is 0 Å². The largest absolute Gasteiger partial charge is 1.00 e. The summed E-state index contributed by atoms with van der Waals surface area (Å²) in [7, 11) is -0.978. The van der Waals surface area contributed by atoms with Crippen LogP contribution < -0.4 is 35.4 Å². The van der Waals surface area contributed by atoms with Crippen molar-refractivity contribution in [3.8, 4) is 0 Å². The molecule has 0 aliphatic heterocycles. The standard InChI is InChI=1S/C21H16P.C17H24P.2ClH.Ti/c1-3-11-19(12-4-1)22(20-13-5-2-6-14-20)21-15-17-9-7-8-10-18(17)16-21;1-16(2,3)18(17(4,5)6)15-11-13-9-7-8-10-14(13)12-15;;;/h1-16H;7-12H,1-6H3;2*1H;/q;;;;+2/p-2. The van der Waals surface area contributed by atoms with Gasteiger partial charge in [-0.25, -0.2) is 0 Å². The van der Waals surface area contributed by atoms with Gasteiger partial charge < -0.3 is 24.8 Å². The molecule has 0 fully saturated rings. The molecule has 4 aromatic rings. The van der Waals surface area contributed by atoms with Crippen LogP contribution in [0.4, 0.5) is 0 Å². The van der Waals surface area contributed by atoms with E-state index in [1.54, 1.807) is 21.8 Å². The molecule has 2 aliphatic carbocycles. The van der Waals surface area contributed by atoms with E-state index in [0.717, 1.165) is 0 Å². The van der Waals surface area contributed by atoms with Gasteiger partial charge in [-0.2, -0.15) is 0 Å². The number of fused-ring (bicyclic) bond motifs is 2. The quantitative estimate of drug-likeness (QED) is 0.209. The van der Waals surface area contributed by atoms with Crippen molar-refractivity contribution in [2.24, 2.45) is 0 Å². The van der Waals surface area contributed by atoms with Gasteiger partial charge in [-0.3, -0.25) is 0 Å². The molecule has 0 radical (unpaired) electrons. The monoisotopic (exact) mass is 676 g/mol. The third kappa shape index (κ3) is 7.02. The third-order valence-corrected chi connectivity index (χ3v) is 17.9. The van der Waals surface area contributed by atoms with Crippen LogP contribution in [0.3, 0.4) is 0 Å². The van der Waals surface area contributed by atoms with Gasteiger partial charge in [0.25, 0.3) is 0 Å². The summed E-state index contributed by atoms with van der Waals surface area (Å²) >= 11 is -0.485. The van der Waals surface area contributed by atoms with E-state index in [1.165, 1.54) is 21.7 Å². The summed E-state index contributed by atoms with van der Waals surface area (Å²) in [5.74, 6) is 0. The Labute approximate surface area is 283 Å². The van der Waals surface area contributed by atoms with E-state index in [-0.39, 0.29) is 43.0 Å². The van der Waals surface area contributed by atoms with Gasteiger partial charge in [0, 0.05) is 0 Å². The molecule has 43 heavy (non-hydrogen) atoms. The second-order valence-electron chi connectivity index (χ2n) is 13.1. The van der Waals surface area contributed by atoms with Crippen molar-refractivity contribution >= 4 is 38.6 Å². The Balaban J connectivity index is 0.00000212. The molecule has 0 bridgehead atoms. The maximum absolute atomic E-state index is 2.62. The van der Waals surface area contributed by atoms with Crippen LogP contribution in [0.1, 0.15) is 72.2 Å². The molecular formula is C38H40Cl2P2Ti. The van der Waals surface area contributed by atoms with Crippen molar-refractivity contribution in [1.82, 2.24) is 0 Å². The average Bonchev–Trinajstić information content (AvgIpc) is 3.47. The van der Waals surface area contributed by atoms with Crippen molar-refractivity contribution in [1.29, 1.82) is 0 Å². The average molecular weight is 677 g/mol. The Hall–Kier alpha value is -1.49. The Morgan fingerprint density at radius 3 is 1.30 bits per heavy atom. The van der Waals surface area contributed by atoms with Crippen LogP contribution in [0.15, 0.2) is 120 Å². The summed E-state index contributed by atoms with van der Waals surface area (Å²) in [5.41, 5.74) is 6.03. The molecule has 2 aliphatic rings.